The van der Waals surface area contributed by atoms with Crippen LogP contribution in [0.4, 0.5) is 0 Å². The quantitative estimate of drug-likeness (QED) is 0.809. The third kappa shape index (κ3) is 2.22. The Bertz CT molecular complexity index is 485. The second-order valence-corrected chi connectivity index (χ2v) is 4.40. The van der Waals surface area contributed by atoms with Crippen LogP contribution in [0, 0.1) is 0 Å². The number of rotatable bonds is 3. The highest BCUT2D eigenvalue weighted by atomic mass is 79.9. The fraction of sp³-hybridized carbons (Fsp3) is 0.167. The van der Waals surface area contributed by atoms with E-state index in [1.54, 1.807) is 17.9 Å². The zero-order valence-electron chi connectivity index (χ0n) is 8.85. The fourth-order valence-electron chi connectivity index (χ4n) is 1.59. The van der Waals surface area contributed by atoms with Crippen LogP contribution in [0.5, 0.6) is 0 Å². The van der Waals surface area contributed by atoms with Gasteiger partial charge in [-0.25, -0.2) is 0 Å². The molecular weight excluding hydrogens is 268 g/mol. The molecule has 2 aromatic rings. The van der Waals surface area contributed by atoms with Gasteiger partial charge in [0.2, 0.25) is 0 Å². The first-order valence-corrected chi connectivity index (χ1v) is 5.72. The summed E-state index contributed by atoms with van der Waals surface area (Å²) in [5.41, 5.74) is 1.63. The van der Waals surface area contributed by atoms with Crippen LogP contribution in [0.2, 0.25) is 0 Å². The third-order valence-electron chi connectivity index (χ3n) is 2.37. The molecule has 0 radical (unpaired) electrons. The Morgan fingerprint density at radius 2 is 2.06 bits per heavy atom. The molecule has 4 heteroatoms. The van der Waals surface area contributed by atoms with Crippen LogP contribution < -0.4 is 0 Å². The molecule has 0 saturated heterocycles. The lowest BCUT2D eigenvalue weighted by Crippen LogP contribution is -2.10. The van der Waals surface area contributed by atoms with Gasteiger partial charge in [0.15, 0.2) is 5.78 Å². The molecule has 0 aliphatic heterocycles. The van der Waals surface area contributed by atoms with Crippen molar-refractivity contribution in [3.05, 3.63) is 52.3 Å². The number of ketones is 1. The van der Waals surface area contributed by atoms with Crippen LogP contribution in [0.25, 0.3) is 0 Å². The van der Waals surface area contributed by atoms with Crippen LogP contribution in [0.3, 0.4) is 0 Å². The monoisotopic (exact) mass is 278 g/mol. The maximum Gasteiger partial charge on any atom is 0.186 e. The Morgan fingerprint density at radius 3 is 2.62 bits per heavy atom. The molecule has 0 unspecified atom stereocenters. The SMILES string of the molecule is Cn1ncc(Br)c1C(=O)Cc1ccccc1. The predicted octanol–water partition coefficient (Wildman–Crippen LogP) is 2.61. The second kappa shape index (κ2) is 4.61. The van der Waals surface area contributed by atoms with Crippen molar-refractivity contribution >= 4 is 21.7 Å². The Balaban J connectivity index is 2.22. The van der Waals surface area contributed by atoms with E-state index >= 15 is 0 Å². The average Bonchev–Trinajstić information content (AvgIpc) is 2.60. The van der Waals surface area contributed by atoms with E-state index in [-0.39, 0.29) is 5.78 Å². The highest BCUT2D eigenvalue weighted by Crippen LogP contribution is 2.17. The van der Waals surface area contributed by atoms with E-state index in [9.17, 15) is 4.79 Å². The van der Waals surface area contributed by atoms with Crippen molar-refractivity contribution in [2.24, 2.45) is 7.05 Å². The summed E-state index contributed by atoms with van der Waals surface area (Å²) in [5.74, 6) is 0.0677. The zero-order chi connectivity index (χ0) is 11.5. The number of Topliss-reactive ketones (excluding diaryl/α,β-unsaturated/α-hetero) is 1. The van der Waals surface area contributed by atoms with Gasteiger partial charge in [0, 0.05) is 13.5 Å². The molecule has 0 aliphatic carbocycles. The molecule has 0 atom stereocenters. The molecule has 0 aliphatic rings. The van der Waals surface area contributed by atoms with Crippen molar-refractivity contribution in [2.75, 3.05) is 0 Å². The normalized spacial score (nSPS) is 10.4. The van der Waals surface area contributed by atoms with Gasteiger partial charge in [0.05, 0.1) is 10.7 Å². The molecule has 1 heterocycles. The summed E-state index contributed by atoms with van der Waals surface area (Å²) in [7, 11) is 1.77. The summed E-state index contributed by atoms with van der Waals surface area (Å²) in [4.78, 5) is 12.0. The van der Waals surface area contributed by atoms with E-state index in [1.807, 2.05) is 30.3 Å². The van der Waals surface area contributed by atoms with Crippen LogP contribution in [-0.2, 0) is 13.5 Å². The predicted molar refractivity (Wildman–Crippen MR) is 65.4 cm³/mol. The lowest BCUT2D eigenvalue weighted by atomic mass is 10.1. The number of aromatic nitrogens is 2. The number of nitrogens with zero attached hydrogens (tertiary/aromatic N) is 2. The van der Waals surface area contributed by atoms with Crippen LogP contribution in [-0.4, -0.2) is 15.6 Å². The minimum Gasteiger partial charge on any atom is -0.292 e. The van der Waals surface area contributed by atoms with Gasteiger partial charge in [-0.1, -0.05) is 30.3 Å². The minimum atomic E-state index is 0.0677. The highest BCUT2D eigenvalue weighted by molar-refractivity contribution is 9.10. The summed E-state index contributed by atoms with van der Waals surface area (Å²) in [5, 5.41) is 4.03. The van der Waals surface area contributed by atoms with E-state index in [1.165, 1.54) is 0 Å². The lowest BCUT2D eigenvalue weighted by molar-refractivity contribution is 0.0983. The Kier molecular flexibility index (Phi) is 3.19. The van der Waals surface area contributed by atoms with Crippen molar-refractivity contribution in [1.29, 1.82) is 0 Å². The van der Waals surface area contributed by atoms with Crippen molar-refractivity contribution in [3.8, 4) is 0 Å². The Morgan fingerprint density at radius 1 is 1.38 bits per heavy atom. The van der Waals surface area contributed by atoms with Crippen molar-refractivity contribution < 1.29 is 4.79 Å². The van der Waals surface area contributed by atoms with Crippen molar-refractivity contribution in [3.63, 3.8) is 0 Å². The fourth-order valence-corrected chi connectivity index (χ4v) is 2.16. The molecule has 0 bridgehead atoms. The topological polar surface area (TPSA) is 34.9 Å². The smallest absolute Gasteiger partial charge is 0.186 e. The summed E-state index contributed by atoms with van der Waals surface area (Å²) in [6.45, 7) is 0. The maximum atomic E-state index is 12.0. The average molecular weight is 279 g/mol. The summed E-state index contributed by atoms with van der Waals surface area (Å²) in [6, 6.07) is 9.69. The molecular formula is C12H11BrN2O. The zero-order valence-corrected chi connectivity index (χ0v) is 10.4. The van der Waals surface area contributed by atoms with Gasteiger partial charge < -0.3 is 0 Å². The molecule has 0 N–H and O–H groups in total. The first kappa shape index (κ1) is 11.1. The van der Waals surface area contributed by atoms with E-state index < -0.39 is 0 Å². The van der Waals surface area contributed by atoms with Gasteiger partial charge in [0.25, 0.3) is 0 Å². The summed E-state index contributed by atoms with van der Waals surface area (Å²) in [6.07, 6.45) is 2.04. The first-order chi connectivity index (χ1) is 7.68. The molecule has 0 spiro atoms. The molecule has 3 nitrogen and oxygen atoms in total. The van der Waals surface area contributed by atoms with E-state index in [0.717, 1.165) is 10.0 Å². The van der Waals surface area contributed by atoms with E-state index in [0.29, 0.717) is 12.1 Å². The van der Waals surface area contributed by atoms with Crippen molar-refractivity contribution in [1.82, 2.24) is 9.78 Å². The number of carbonyl (C=O) groups excluding carboxylic acids is 1. The number of halogens is 1. The number of hydrogen-bond donors (Lipinski definition) is 0. The van der Waals surface area contributed by atoms with Gasteiger partial charge >= 0.3 is 0 Å². The van der Waals surface area contributed by atoms with Gasteiger partial charge in [-0.3, -0.25) is 9.48 Å². The van der Waals surface area contributed by atoms with Crippen molar-refractivity contribution in [2.45, 2.75) is 6.42 Å². The third-order valence-corrected chi connectivity index (χ3v) is 2.95. The molecule has 16 heavy (non-hydrogen) atoms. The van der Waals surface area contributed by atoms with Crippen LogP contribution in [0.1, 0.15) is 16.1 Å². The van der Waals surface area contributed by atoms with Gasteiger partial charge in [-0.05, 0) is 21.5 Å². The Labute approximate surface area is 102 Å². The molecule has 1 aromatic carbocycles. The molecule has 1 aromatic heterocycles. The highest BCUT2D eigenvalue weighted by Gasteiger charge is 2.15. The molecule has 0 saturated carbocycles. The van der Waals surface area contributed by atoms with Crippen LogP contribution in [0.15, 0.2) is 41.0 Å². The maximum absolute atomic E-state index is 12.0. The summed E-state index contributed by atoms with van der Waals surface area (Å²) < 4.78 is 2.34. The molecule has 0 fully saturated rings. The summed E-state index contributed by atoms with van der Waals surface area (Å²) >= 11 is 3.33. The Hall–Kier alpha value is -1.42. The number of aryl methyl sites for hydroxylation is 1. The molecule has 82 valence electrons. The number of hydrogen-bond acceptors (Lipinski definition) is 2. The van der Waals surface area contributed by atoms with Gasteiger partial charge in [-0.2, -0.15) is 5.10 Å². The standard InChI is InChI=1S/C12H11BrN2O/c1-15-12(10(13)8-14-15)11(16)7-9-5-3-2-4-6-9/h2-6,8H,7H2,1H3. The second-order valence-electron chi connectivity index (χ2n) is 3.55. The van der Waals surface area contributed by atoms with E-state index in [2.05, 4.69) is 21.0 Å². The number of carbonyl (C=O) groups is 1. The van der Waals surface area contributed by atoms with E-state index in [4.69, 9.17) is 0 Å². The molecule has 0 amide bonds. The molecule has 2 rings (SSSR count). The van der Waals surface area contributed by atoms with Gasteiger partial charge in [-0.15, -0.1) is 0 Å². The number of benzene rings is 1. The lowest BCUT2D eigenvalue weighted by Gasteiger charge is -2.02. The first-order valence-electron chi connectivity index (χ1n) is 4.93. The van der Waals surface area contributed by atoms with Gasteiger partial charge in [0.1, 0.15) is 5.69 Å². The largest absolute Gasteiger partial charge is 0.292 e. The minimum absolute atomic E-state index is 0.0677. The van der Waals surface area contributed by atoms with Crippen LogP contribution >= 0.6 is 15.9 Å².